The Hall–Kier alpha value is -1.79. The van der Waals surface area contributed by atoms with E-state index < -0.39 is 5.60 Å². The average Bonchev–Trinajstić information content (AvgIpc) is 2.60. The Balaban J connectivity index is 1.87. The molecule has 6 heteroatoms. The maximum absolute atomic E-state index is 12.0. The van der Waals surface area contributed by atoms with Crippen LogP contribution in [0.15, 0.2) is 24.3 Å². The van der Waals surface area contributed by atoms with Gasteiger partial charge in [-0.05, 0) is 44.7 Å². The van der Waals surface area contributed by atoms with Gasteiger partial charge in [0, 0.05) is 13.2 Å². The van der Waals surface area contributed by atoms with Gasteiger partial charge in [-0.3, -0.25) is 0 Å². The second-order valence-electron chi connectivity index (χ2n) is 6.45. The lowest BCUT2D eigenvalue weighted by atomic mass is 10.0. The van der Waals surface area contributed by atoms with E-state index in [1.165, 1.54) is 0 Å². The fourth-order valence-electron chi connectivity index (χ4n) is 2.38. The molecule has 1 aliphatic heterocycles. The molecule has 2 atom stereocenters. The summed E-state index contributed by atoms with van der Waals surface area (Å²) < 4.78 is 11.5. The number of ether oxygens (including phenoxy) is 2. The normalized spacial score (nSPS) is 20.0. The number of hydrogen-bond donors (Lipinski definition) is 3. The second-order valence-corrected chi connectivity index (χ2v) is 6.45. The van der Waals surface area contributed by atoms with Gasteiger partial charge in [0.05, 0.1) is 17.4 Å². The summed E-state index contributed by atoms with van der Waals surface area (Å²) in [5.74, 6) is 0.615. The Morgan fingerprint density at radius 2 is 2.21 bits per heavy atom. The fraction of sp³-hybridized carbons (Fsp3) is 0.611. The van der Waals surface area contributed by atoms with Gasteiger partial charge in [0.2, 0.25) is 0 Å². The van der Waals surface area contributed by atoms with Crippen LogP contribution in [0.1, 0.15) is 39.5 Å². The zero-order valence-electron chi connectivity index (χ0n) is 14.5. The van der Waals surface area contributed by atoms with E-state index in [0.29, 0.717) is 24.5 Å². The van der Waals surface area contributed by atoms with Crippen molar-refractivity contribution in [2.24, 2.45) is 0 Å². The summed E-state index contributed by atoms with van der Waals surface area (Å²) in [5.41, 5.74) is -0.312. The van der Waals surface area contributed by atoms with E-state index in [1.807, 2.05) is 25.1 Å². The molecule has 1 aliphatic rings. The number of anilines is 1. The number of para-hydroxylation sites is 2. The van der Waals surface area contributed by atoms with Crippen LogP contribution in [0, 0.1) is 0 Å². The first-order chi connectivity index (χ1) is 11.5. The molecule has 0 spiro atoms. The smallest absolute Gasteiger partial charge is 0.319 e. The molecule has 0 aliphatic carbocycles. The van der Waals surface area contributed by atoms with Crippen LogP contribution < -0.4 is 15.4 Å². The highest BCUT2D eigenvalue weighted by atomic mass is 16.5. The molecule has 6 nitrogen and oxygen atoms in total. The third kappa shape index (κ3) is 6.02. The summed E-state index contributed by atoms with van der Waals surface area (Å²) in [4.78, 5) is 12.0. The number of nitrogens with one attached hydrogen (secondary N) is 2. The Bertz CT molecular complexity index is 528. The summed E-state index contributed by atoms with van der Waals surface area (Å²) in [6.45, 7) is 5.01. The third-order valence-corrected chi connectivity index (χ3v) is 4.23. The van der Waals surface area contributed by atoms with Crippen molar-refractivity contribution < 1.29 is 19.4 Å². The fourth-order valence-corrected chi connectivity index (χ4v) is 2.38. The molecular formula is C18H28N2O4. The van der Waals surface area contributed by atoms with Gasteiger partial charge in [-0.15, -0.1) is 0 Å². The van der Waals surface area contributed by atoms with Crippen molar-refractivity contribution in [3.63, 3.8) is 0 Å². The van der Waals surface area contributed by atoms with Crippen molar-refractivity contribution in [3.05, 3.63) is 24.3 Å². The topological polar surface area (TPSA) is 79.8 Å². The highest BCUT2D eigenvalue weighted by Crippen LogP contribution is 2.25. The standard InChI is InChI=1S/C18H28N2O4/c1-3-18(2,22)13-19-17(21)20-15-9-4-5-10-16(15)24-12-14-8-6-7-11-23-14/h4-5,9-10,14,22H,3,6-8,11-13H2,1-2H3,(H2,19,20,21)/t14-,18+/m1/s1. The maximum atomic E-state index is 12.0. The lowest BCUT2D eigenvalue weighted by Crippen LogP contribution is -2.41. The van der Waals surface area contributed by atoms with Crippen molar-refractivity contribution >= 4 is 11.7 Å². The van der Waals surface area contributed by atoms with Gasteiger partial charge in [0.25, 0.3) is 0 Å². The molecule has 1 fully saturated rings. The van der Waals surface area contributed by atoms with Crippen molar-refractivity contribution in [1.82, 2.24) is 5.32 Å². The van der Waals surface area contributed by atoms with Gasteiger partial charge in [-0.2, -0.15) is 0 Å². The Morgan fingerprint density at radius 3 is 2.92 bits per heavy atom. The molecule has 0 bridgehead atoms. The van der Waals surface area contributed by atoms with Gasteiger partial charge in [-0.25, -0.2) is 4.79 Å². The van der Waals surface area contributed by atoms with E-state index in [1.54, 1.807) is 13.0 Å². The molecule has 24 heavy (non-hydrogen) atoms. The monoisotopic (exact) mass is 336 g/mol. The Kier molecular flexibility index (Phi) is 6.87. The van der Waals surface area contributed by atoms with E-state index in [4.69, 9.17) is 9.47 Å². The predicted molar refractivity (Wildman–Crippen MR) is 93.5 cm³/mol. The highest BCUT2D eigenvalue weighted by Gasteiger charge is 2.19. The summed E-state index contributed by atoms with van der Waals surface area (Å²) in [7, 11) is 0. The minimum absolute atomic E-state index is 0.111. The lowest BCUT2D eigenvalue weighted by Gasteiger charge is -2.23. The van der Waals surface area contributed by atoms with E-state index >= 15 is 0 Å². The number of carbonyl (C=O) groups excluding carboxylic acids is 1. The molecule has 1 aromatic carbocycles. The molecule has 0 aromatic heterocycles. The third-order valence-electron chi connectivity index (χ3n) is 4.23. The minimum atomic E-state index is -0.911. The van der Waals surface area contributed by atoms with Gasteiger partial charge >= 0.3 is 6.03 Å². The van der Waals surface area contributed by atoms with Crippen LogP contribution in [0.3, 0.4) is 0 Å². The van der Waals surface area contributed by atoms with Crippen molar-refractivity contribution in [2.45, 2.75) is 51.2 Å². The molecule has 1 heterocycles. The van der Waals surface area contributed by atoms with Gasteiger partial charge in [0.15, 0.2) is 0 Å². The molecule has 0 radical (unpaired) electrons. The molecule has 3 N–H and O–H groups in total. The summed E-state index contributed by atoms with van der Waals surface area (Å²) in [5, 5.41) is 15.4. The molecule has 0 unspecified atom stereocenters. The number of aliphatic hydroxyl groups is 1. The van der Waals surface area contributed by atoms with Crippen molar-refractivity contribution in [1.29, 1.82) is 0 Å². The van der Waals surface area contributed by atoms with E-state index in [9.17, 15) is 9.90 Å². The molecule has 134 valence electrons. The SMILES string of the molecule is CC[C@](C)(O)CNC(=O)Nc1ccccc1OC[C@H]1CCCCO1. The zero-order valence-corrected chi connectivity index (χ0v) is 14.5. The van der Waals surface area contributed by atoms with Crippen molar-refractivity contribution in [2.75, 3.05) is 25.1 Å². The molecule has 2 rings (SSSR count). The van der Waals surface area contributed by atoms with Crippen molar-refractivity contribution in [3.8, 4) is 5.75 Å². The summed E-state index contributed by atoms with van der Waals surface area (Å²) in [6, 6.07) is 6.94. The molecule has 2 amide bonds. The van der Waals surface area contributed by atoms with Gasteiger partial charge in [0.1, 0.15) is 12.4 Å². The summed E-state index contributed by atoms with van der Waals surface area (Å²) in [6.07, 6.45) is 3.95. The van der Waals surface area contributed by atoms with Crippen LogP contribution in [-0.4, -0.2) is 42.6 Å². The van der Waals surface area contributed by atoms with E-state index in [0.717, 1.165) is 25.9 Å². The molecule has 1 saturated heterocycles. The lowest BCUT2D eigenvalue weighted by molar-refractivity contribution is -0.0109. The summed E-state index contributed by atoms with van der Waals surface area (Å²) >= 11 is 0. The van der Waals surface area contributed by atoms with Crippen LogP contribution in [0.25, 0.3) is 0 Å². The average molecular weight is 336 g/mol. The number of rotatable bonds is 7. The van der Waals surface area contributed by atoms with Gasteiger partial charge < -0.3 is 25.2 Å². The zero-order chi connectivity index (χ0) is 17.4. The van der Waals surface area contributed by atoms with Crippen LogP contribution in [0.2, 0.25) is 0 Å². The van der Waals surface area contributed by atoms with Crippen LogP contribution in [0.5, 0.6) is 5.75 Å². The van der Waals surface area contributed by atoms with Gasteiger partial charge in [-0.1, -0.05) is 19.1 Å². The maximum Gasteiger partial charge on any atom is 0.319 e. The van der Waals surface area contributed by atoms with E-state index in [-0.39, 0.29) is 18.7 Å². The minimum Gasteiger partial charge on any atom is -0.489 e. The first-order valence-corrected chi connectivity index (χ1v) is 8.61. The largest absolute Gasteiger partial charge is 0.489 e. The highest BCUT2D eigenvalue weighted by molar-refractivity contribution is 5.90. The molecular weight excluding hydrogens is 308 g/mol. The predicted octanol–water partition coefficient (Wildman–Crippen LogP) is 2.92. The number of benzene rings is 1. The molecule has 0 saturated carbocycles. The first-order valence-electron chi connectivity index (χ1n) is 8.61. The van der Waals surface area contributed by atoms with Crippen LogP contribution >= 0.6 is 0 Å². The van der Waals surface area contributed by atoms with Crippen LogP contribution in [-0.2, 0) is 4.74 Å². The number of urea groups is 1. The number of amides is 2. The van der Waals surface area contributed by atoms with Crippen LogP contribution in [0.4, 0.5) is 10.5 Å². The first kappa shape index (κ1) is 18.5. The number of carbonyl (C=O) groups is 1. The Morgan fingerprint density at radius 1 is 1.42 bits per heavy atom. The quantitative estimate of drug-likeness (QED) is 0.715. The number of hydrogen-bond acceptors (Lipinski definition) is 4. The Labute approximate surface area is 143 Å². The molecule has 1 aromatic rings. The van der Waals surface area contributed by atoms with E-state index in [2.05, 4.69) is 10.6 Å². The second kappa shape index (κ2) is 8.89.